The van der Waals surface area contributed by atoms with Crippen LogP contribution in [0.25, 0.3) is 10.8 Å². The van der Waals surface area contributed by atoms with Crippen molar-refractivity contribution < 1.29 is 14.7 Å². The molecule has 0 spiro atoms. The van der Waals surface area contributed by atoms with Gasteiger partial charge in [-0.05, 0) is 63.1 Å². The van der Waals surface area contributed by atoms with Gasteiger partial charge < -0.3 is 10.4 Å². The van der Waals surface area contributed by atoms with Crippen molar-refractivity contribution in [1.29, 1.82) is 0 Å². The van der Waals surface area contributed by atoms with E-state index in [9.17, 15) is 14.7 Å². The first-order valence-corrected chi connectivity index (χ1v) is 10.5. The number of rotatable bonds is 5. The predicted molar refractivity (Wildman–Crippen MR) is 129 cm³/mol. The van der Waals surface area contributed by atoms with Crippen molar-refractivity contribution in [3.8, 4) is 5.75 Å². The predicted octanol–water partition coefficient (Wildman–Crippen LogP) is 5.32. The lowest BCUT2D eigenvalue weighted by atomic mass is 10.0. The van der Waals surface area contributed by atoms with Gasteiger partial charge in [-0.1, -0.05) is 48.5 Å². The van der Waals surface area contributed by atoms with Gasteiger partial charge in [0.1, 0.15) is 5.75 Å². The number of benzene rings is 4. The fraction of sp³-hybridized carbons (Fsp3) is 0. The summed E-state index contributed by atoms with van der Waals surface area (Å²) >= 11 is 3.36. The zero-order valence-electron chi connectivity index (χ0n) is 16.7. The summed E-state index contributed by atoms with van der Waals surface area (Å²) in [6, 6.07) is 24.6. The molecule has 0 atom stereocenters. The summed E-state index contributed by atoms with van der Waals surface area (Å²) in [5.41, 5.74) is 4.27. The standard InChI is InChI=1S/C25H18BrN3O3/c26-22-11-4-3-10-20(22)25(32)28-18-8-5-7-17(14-18)24(31)29-27-15-21-19-9-2-1-6-16(19)12-13-23(21)30/h1-15,30H,(H,28,32)(H,29,31)/b27-15-. The van der Waals surface area contributed by atoms with Crippen LogP contribution in [0.15, 0.2) is 94.5 Å². The van der Waals surface area contributed by atoms with E-state index >= 15 is 0 Å². The number of nitrogens with zero attached hydrogens (tertiary/aromatic N) is 1. The van der Waals surface area contributed by atoms with E-state index in [2.05, 4.69) is 31.8 Å². The molecule has 0 aliphatic heterocycles. The van der Waals surface area contributed by atoms with Gasteiger partial charge in [-0.15, -0.1) is 0 Å². The van der Waals surface area contributed by atoms with E-state index in [1.54, 1.807) is 48.5 Å². The number of hydrogen-bond donors (Lipinski definition) is 3. The molecule has 0 saturated heterocycles. The molecule has 0 radical (unpaired) electrons. The maximum Gasteiger partial charge on any atom is 0.271 e. The molecule has 7 heteroatoms. The third-order valence-electron chi connectivity index (χ3n) is 4.81. The SMILES string of the molecule is O=C(N/N=C\c1c(O)ccc2ccccc12)c1cccc(NC(=O)c2ccccc2Br)c1. The molecule has 0 aliphatic rings. The van der Waals surface area contributed by atoms with E-state index < -0.39 is 5.91 Å². The largest absolute Gasteiger partial charge is 0.507 e. The number of halogens is 1. The summed E-state index contributed by atoms with van der Waals surface area (Å²) in [4.78, 5) is 25.0. The second-order valence-corrected chi connectivity index (χ2v) is 7.79. The average molecular weight is 488 g/mol. The molecule has 6 nitrogen and oxygen atoms in total. The molecule has 4 aromatic carbocycles. The molecule has 0 aromatic heterocycles. The topological polar surface area (TPSA) is 90.8 Å². The fourth-order valence-corrected chi connectivity index (χ4v) is 3.69. The Morgan fingerprint density at radius 2 is 1.66 bits per heavy atom. The van der Waals surface area contributed by atoms with Gasteiger partial charge in [0, 0.05) is 21.3 Å². The highest BCUT2D eigenvalue weighted by Gasteiger charge is 2.11. The van der Waals surface area contributed by atoms with Crippen LogP contribution in [0.2, 0.25) is 0 Å². The Balaban J connectivity index is 1.48. The minimum atomic E-state index is -0.446. The monoisotopic (exact) mass is 487 g/mol. The van der Waals surface area contributed by atoms with Gasteiger partial charge in [0.2, 0.25) is 0 Å². The molecule has 0 bridgehead atoms. The second kappa shape index (κ2) is 9.45. The Kier molecular flexibility index (Phi) is 6.28. The lowest BCUT2D eigenvalue weighted by Gasteiger charge is -2.08. The quantitative estimate of drug-likeness (QED) is 0.262. The summed E-state index contributed by atoms with van der Waals surface area (Å²) in [6.07, 6.45) is 1.41. The van der Waals surface area contributed by atoms with Crippen molar-refractivity contribution in [2.24, 2.45) is 5.10 Å². The zero-order chi connectivity index (χ0) is 22.5. The Bertz CT molecular complexity index is 1350. The Labute approximate surface area is 192 Å². The average Bonchev–Trinajstić information content (AvgIpc) is 2.81. The van der Waals surface area contributed by atoms with Gasteiger partial charge in [-0.2, -0.15) is 5.10 Å². The number of fused-ring (bicyclic) bond motifs is 1. The molecule has 0 aliphatic carbocycles. The van der Waals surface area contributed by atoms with Crippen LogP contribution in [-0.4, -0.2) is 23.1 Å². The van der Waals surface area contributed by atoms with E-state index in [4.69, 9.17) is 0 Å². The molecule has 0 fully saturated rings. The molecule has 158 valence electrons. The summed E-state index contributed by atoms with van der Waals surface area (Å²) in [7, 11) is 0. The molecule has 4 aromatic rings. The zero-order valence-corrected chi connectivity index (χ0v) is 18.3. The number of amides is 2. The molecular weight excluding hydrogens is 470 g/mol. The van der Waals surface area contributed by atoms with Gasteiger partial charge in [-0.3, -0.25) is 9.59 Å². The molecule has 32 heavy (non-hydrogen) atoms. The van der Waals surface area contributed by atoms with Crippen molar-refractivity contribution in [2.75, 3.05) is 5.32 Å². The first-order valence-electron chi connectivity index (χ1n) is 9.73. The lowest BCUT2D eigenvalue weighted by molar-refractivity contribution is 0.0953. The van der Waals surface area contributed by atoms with Crippen molar-refractivity contribution in [1.82, 2.24) is 5.43 Å². The minimum Gasteiger partial charge on any atom is -0.507 e. The number of hydrogen-bond acceptors (Lipinski definition) is 4. The Morgan fingerprint density at radius 3 is 2.50 bits per heavy atom. The fourth-order valence-electron chi connectivity index (χ4n) is 3.22. The van der Waals surface area contributed by atoms with Crippen molar-refractivity contribution >= 4 is 50.4 Å². The van der Waals surface area contributed by atoms with Crippen LogP contribution in [0.5, 0.6) is 5.75 Å². The number of aromatic hydroxyl groups is 1. The third-order valence-corrected chi connectivity index (χ3v) is 5.50. The van der Waals surface area contributed by atoms with Gasteiger partial charge in [0.05, 0.1) is 11.8 Å². The Morgan fingerprint density at radius 1 is 0.875 bits per heavy atom. The number of carbonyl (C=O) groups is 2. The molecule has 2 amide bonds. The summed E-state index contributed by atoms with van der Waals surface area (Å²) in [5, 5.41) is 18.7. The molecule has 0 saturated carbocycles. The van der Waals surface area contributed by atoms with Crippen LogP contribution in [-0.2, 0) is 0 Å². The second-order valence-electron chi connectivity index (χ2n) is 6.93. The number of phenols is 1. The number of nitrogens with one attached hydrogen (secondary N) is 2. The smallest absolute Gasteiger partial charge is 0.271 e. The van der Waals surface area contributed by atoms with E-state index in [0.29, 0.717) is 26.9 Å². The van der Waals surface area contributed by atoms with E-state index in [0.717, 1.165) is 10.8 Å². The summed E-state index contributed by atoms with van der Waals surface area (Å²) < 4.78 is 0.678. The maximum absolute atomic E-state index is 12.5. The van der Waals surface area contributed by atoms with Crippen LogP contribution < -0.4 is 10.7 Å². The van der Waals surface area contributed by atoms with Crippen molar-refractivity contribution in [2.45, 2.75) is 0 Å². The van der Waals surface area contributed by atoms with Crippen LogP contribution in [0.4, 0.5) is 5.69 Å². The number of anilines is 1. The maximum atomic E-state index is 12.5. The molecular formula is C25H18BrN3O3. The summed E-state index contributed by atoms with van der Waals surface area (Å²) in [5.74, 6) is -0.670. The number of phenolic OH excluding ortho intramolecular Hbond substituents is 1. The van der Waals surface area contributed by atoms with E-state index in [1.807, 2.05) is 36.4 Å². The number of carbonyl (C=O) groups excluding carboxylic acids is 2. The van der Waals surface area contributed by atoms with Crippen LogP contribution in [0, 0.1) is 0 Å². The highest BCUT2D eigenvalue weighted by atomic mass is 79.9. The van der Waals surface area contributed by atoms with Gasteiger partial charge in [0.25, 0.3) is 11.8 Å². The van der Waals surface area contributed by atoms with Gasteiger partial charge in [0.15, 0.2) is 0 Å². The summed E-state index contributed by atoms with van der Waals surface area (Å²) in [6.45, 7) is 0. The normalized spacial score (nSPS) is 10.9. The third kappa shape index (κ3) is 4.68. The lowest BCUT2D eigenvalue weighted by Crippen LogP contribution is -2.18. The number of hydrazone groups is 1. The highest BCUT2D eigenvalue weighted by molar-refractivity contribution is 9.10. The van der Waals surface area contributed by atoms with Crippen molar-refractivity contribution in [3.05, 3.63) is 106 Å². The molecule has 0 unspecified atom stereocenters. The van der Waals surface area contributed by atoms with Gasteiger partial charge >= 0.3 is 0 Å². The highest BCUT2D eigenvalue weighted by Crippen LogP contribution is 2.25. The molecule has 3 N–H and O–H groups in total. The van der Waals surface area contributed by atoms with Crippen molar-refractivity contribution in [3.63, 3.8) is 0 Å². The van der Waals surface area contributed by atoms with E-state index in [1.165, 1.54) is 6.21 Å². The van der Waals surface area contributed by atoms with Crippen LogP contribution in [0.3, 0.4) is 0 Å². The minimum absolute atomic E-state index is 0.0680. The van der Waals surface area contributed by atoms with E-state index in [-0.39, 0.29) is 11.7 Å². The van der Waals surface area contributed by atoms with Crippen LogP contribution in [0.1, 0.15) is 26.3 Å². The molecule has 0 heterocycles. The first-order chi connectivity index (χ1) is 15.5. The van der Waals surface area contributed by atoms with Crippen LogP contribution >= 0.6 is 15.9 Å². The van der Waals surface area contributed by atoms with Gasteiger partial charge in [-0.25, -0.2) is 5.43 Å². The molecule has 4 rings (SSSR count). The first kappa shape index (κ1) is 21.3. The Hall–Kier alpha value is -3.97.